The van der Waals surface area contributed by atoms with Crippen molar-refractivity contribution in [3.05, 3.63) is 66.9 Å². The van der Waals surface area contributed by atoms with Crippen molar-refractivity contribution in [3.63, 3.8) is 0 Å². The van der Waals surface area contributed by atoms with Gasteiger partial charge in [0.25, 0.3) is 0 Å². The van der Waals surface area contributed by atoms with E-state index in [0.717, 1.165) is 5.69 Å². The number of benzene rings is 2. The third-order valence-electron chi connectivity index (χ3n) is 4.40. The van der Waals surface area contributed by atoms with Gasteiger partial charge in [-0.25, -0.2) is 0 Å². The molecule has 1 nitrogen and oxygen atoms in total. The average molecular weight is 366 g/mol. The summed E-state index contributed by atoms with van der Waals surface area (Å²) in [7, 11) is -1.61. The van der Waals surface area contributed by atoms with Crippen molar-refractivity contribution in [3.8, 4) is 11.3 Å². The number of rotatable bonds is 1. The van der Waals surface area contributed by atoms with Gasteiger partial charge in [0.2, 0.25) is 0 Å². The summed E-state index contributed by atoms with van der Waals surface area (Å²) in [4.78, 5) is 4.59. The summed E-state index contributed by atoms with van der Waals surface area (Å²) in [6.45, 7) is 4.95. The fourth-order valence-corrected chi connectivity index (χ4v) is 11.8. The summed E-state index contributed by atoms with van der Waals surface area (Å²) in [6.07, 6.45) is 1.89. The number of nitrogens with zero attached hydrogens (tertiary/aromatic N) is 1. The molecule has 108 valence electrons. The number of hydrogen-bond donors (Lipinski definition) is 0. The quantitative estimate of drug-likeness (QED) is 0.596. The minimum absolute atomic E-state index is 0.364. The van der Waals surface area contributed by atoms with Gasteiger partial charge in [0.1, 0.15) is 0 Å². The van der Waals surface area contributed by atoms with Gasteiger partial charge in [-0.2, -0.15) is 0 Å². The van der Waals surface area contributed by atoms with Crippen LogP contribution < -0.4 is 19.3 Å². The molecule has 4 rings (SSSR count). The molecule has 22 heavy (non-hydrogen) atoms. The fourth-order valence-electron chi connectivity index (χ4n) is 3.19. The van der Waals surface area contributed by atoms with Crippen LogP contribution in [-0.2, 0) is 0 Å². The normalized spacial score (nSPS) is 15.0. The van der Waals surface area contributed by atoms with Crippen LogP contribution in [-0.4, -0.2) is 28.0 Å². The molecule has 0 N–H and O–H groups in total. The van der Waals surface area contributed by atoms with Gasteiger partial charge in [-0.15, -0.1) is 0 Å². The van der Waals surface area contributed by atoms with Crippen molar-refractivity contribution in [2.75, 3.05) is 0 Å². The van der Waals surface area contributed by atoms with Crippen molar-refractivity contribution in [1.82, 2.24) is 4.98 Å². The Bertz CT molecular complexity index is 843. The first-order valence-electron chi connectivity index (χ1n) is 7.50. The molecule has 3 heteroatoms. The van der Waals surface area contributed by atoms with E-state index in [4.69, 9.17) is 0 Å². The van der Waals surface area contributed by atoms with Crippen LogP contribution in [0.25, 0.3) is 11.3 Å². The molecule has 2 heterocycles. The molecule has 0 saturated heterocycles. The third-order valence-corrected chi connectivity index (χ3v) is 11.3. The molecule has 1 aliphatic rings. The summed E-state index contributed by atoms with van der Waals surface area (Å²) in [5, 5.41) is 3.20. The Kier molecular flexibility index (Phi) is 3.30. The number of fused-ring (bicyclic) bond motifs is 2. The SMILES string of the molecule is C[Si]1(C)c2ccccc2[Se]c2c(-c3ccccn3)cccc21. The van der Waals surface area contributed by atoms with Crippen molar-refractivity contribution in [2.24, 2.45) is 0 Å². The van der Waals surface area contributed by atoms with E-state index in [1.54, 1.807) is 19.3 Å². The molecule has 2 aromatic carbocycles. The van der Waals surface area contributed by atoms with E-state index in [0.29, 0.717) is 15.0 Å². The van der Waals surface area contributed by atoms with Gasteiger partial charge >= 0.3 is 139 Å². The van der Waals surface area contributed by atoms with Crippen LogP contribution >= 0.6 is 0 Å². The van der Waals surface area contributed by atoms with Gasteiger partial charge in [-0.05, 0) is 0 Å². The first-order chi connectivity index (χ1) is 10.7. The summed E-state index contributed by atoms with van der Waals surface area (Å²) in [5.74, 6) is 0. The van der Waals surface area contributed by atoms with Gasteiger partial charge < -0.3 is 0 Å². The van der Waals surface area contributed by atoms with Crippen molar-refractivity contribution >= 4 is 42.3 Å². The second kappa shape index (κ2) is 5.20. The van der Waals surface area contributed by atoms with Crippen LogP contribution in [0.4, 0.5) is 0 Å². The van der Waals surface area contributed by atoms with Crippen molar-refractivity contribution in [1.29, 1.82) is 0 Å². The molecule has 0 bridgehead atoms. The Balaban J connectivity index is 1.97. The van der Waals surface area contributed by atoms with Crippen LogP contribution in [0, 0.1) is 0 Å². The van der Waals surface area contributed by atoms with Gasteiger partial charge in [0.15, 0.2) is 0 Å². The second-order valence-electron chi connectivity index (χ2n) is 6.12. The Labute approximate surface area is 138 Å². The summed E-state index contributed by atoms with van der Waals surface area (Å²) in [5.41, 5.74) is 2.43. The second-order valence-corrected chi connectivity index (χ2v) is 12.7. The topological polar surface area (TPSA) is 12.9 Å². The number of aromatic nitrogens is 1. The van der Waals surface area contributed by atoms with Gasteiger partial charge in [-0.3, -0.25) is 0 Å². The van der Waals surface area contributed by atoms with Crippen LogP contribution in [0.5, 0.6) is 0 Å². The number of pyridine rings is 1. The average Bonchev–Trinajstić information content (AvgIpc) is 2.55. The van der Waals surface area contributed by atoms with Crippen molar-refractivity contribution < 1.29 is 0 Å². The minimum atomic E-state index is -1.61. The van der Waals surface area contributed by atoms with E-state index in [1.807, 2.05) is 12.3 Å². The van der Waals surface area contributed by atoms with Gasteiger partial charge in [-0.1, -0.05) is 0 Å². The zero-order valence-electron chi connectivity index (χ0n) is 12.7. The molecule has 0 atom stereocenters. The Morgan fingerprint density at radius 2 is 1.59 bits per heavy atom. The molecule has 1 aromatic heterocycles. The van der Waals surface area contributed by atoms with Crippen LogP contribution in [0.15, 0.2) is 66.9 Å². The monoisotopic (exact) mass is 367 g/mol. The molecule has 0 aliphatic carbocycles. The molecule has 0 fully saturated rings. The molecule has 3 aromatic rings. The first kappa shape index (κ1) is 14.0. The maximum absolute atomic E-state index is 4.59. The van der Waals surface area contributed by atoms with Gasteiger partial charge in [0, 0.05) is 0 Å². The van der Waals surface area contributed by atoms with E-state index < -0.39 is 8.07 Å². The fraction of sp³-hybridized carbons (Fsp3) is 0.105. The molecular weight excluding hydrogens is 349 g/mol. The third kappa shape index (κ3) is 2.09. The summed E-state index contributed by atoms with van der Waals surface area (Å²) >= 11 is 0.364. The zero-order chi connectivity index (χ0) is 15.2. The maximum atomic E-state index is 4.59. The Morgan fingerprint density at radius 3 is 2.41 bits per heavy atom. The standard InChI is InChI=1S/C19H17NSeSi/c1-22(2)17-11-4-3-10-16(17)21-19-14(8-7-12-18(19)22)15-9-5-6-13-20-15/h3-13H,1-2H3. The zero-order valence-corrected chi connectivity index (χ0v) is 15.4. The molecule has 0 spiro atoms. The van der Waals surface area contributed by atoms with Crippen LogP contribution in [0.3, 0.4) is 0 Å². The van der Waals surface area contributed by atoms with Crippen LogP contribution in [0.2, 0.25) is 13.1 Å². The molecule has 0 unspecified atom stereocenters. The van der Waals surface area contributed by atoms with E-state index in [9.17, 15) is 0 Å². The van der Waals surface area contributed by atoms with Crippen molar-refractivity contribution in [2.45, 2.75) is 13.1 Å². The number of hydrogen-bond acceptors (Lipinski definition) is 1. The first-order valence-corrected chi connectivity index (χ1v) is 12.2. The Hall–Kier alpha value is -1.67. The van der Waals surface area contributed by atoms with E-state index in [-0.39, 0.29) is 0 Å². The van der Waals surface area contributed by atoms with Gasteiger partial charge in [0.05, 0.1) is 0 Å². The Morgan fingerprint density at radius 1 is 0.818 bits per heavy atom. The molecule has 0 saturated carbocycles. The van der Waals surface area contributed by atoms with Crippen LogP contribution in [0.1, 0.15) is 0 Å². The molecule has 1 aliphatic heterocycles. The molecule has 0 radical (unpaired) electrons. The molecule has 0 amide bonds. The van der Waals surface area contributed by atoms with E-state index in [1.165, 1.54) is 5.56 Å². The summed E-state index contributed by atoms with van der Waals surface area (Å²) < 4.78 is 3.10. The predicted molar refractivity (Wildman–Crippen MR) is 97.9 cm³/mol. The van der Waals surface area contributed by atoms with E-state index in [2.05, 4.69) is 72.7 Å². The summed E-state index contributed by atoms with van der Waals surface area (Å²) in [6, 6.07) is 22.0. The van der Waals surface area contributed by atoms with E-state index >= 15 is 0 Å². The predicted octanol–water partition coefficient (Wildman–Crippen LogP) is 1.54. The molecular formula is C19H17NSeSi.